The fourth-order valence-electron chi connectivity index (χ4n) is 3.37. The fraction of sp³-hybridized carbons (Fsp3) is 0.269. The lowest BCUT2D eigenvalue weighted by Gasteiger charge is -2.21. The van der Waals surface area contributed by atoms with Crippen molar-refractivity contribution in [2.75, 3.05) is 0 Å². The standard InChI is InChI=1S/C26H27NO4/c1-26(2,3)22-13-11-21(12-14-22)24(17-19-9-15-23(16-10-19)27(29)30)25(28)31-18-20-7-5-4-6-8-20/h4-16,24H,17-18H2,1-3H3. The van der Waals surface area contributed by atoms with Crippen molar-refractivity contribution in [3.8, 4) is 0 Å². The van der Waals surface area contributed by atoms with E-state index in [-0.39, 0.29) is 23.7 Å². The van der Waals surface area contributed by atoms with Gasteiger partial charge in [0.05, 0.1) is 10.8 Å². The molecule has 5 heteroatoms. The molecule has 0 amide bonds. The van der Waals surface area contributed by atoms with Gasteiger partial charge in [0, 0.05) is 12.1 Å². The Kier molecular flexibility index (Phi) is 6.85. The maximum absolute atomic E-state index is 13.0. The average Bonchev–Trinajstić information content (AvgIpc) is 2.76. The molecule has 31 heavy (non-hydrogen) atoms. The predicted molar refractivity (Wildman–Crippen MR) is 121 cm³/mol. The monoisotopic (exact) mass is 417 g/mol. The molecule has 0 heterocycles. The number of nitrogens with zero attached hydrogens (tertiary/aromatic N) is 1. The van der Waals surface area contributed by atoms with Crippen LogP contribution < -0.4 is 0 Å². The summed E-state index contributed by atoms with van der Waals surface area (Å²) in [4.78, 5) is 23.5. The van der Waals surface area contributed by atoms with Crippen molar-refractivity contribution in [1.29, 1.82) is 0 Å². The minimum absolute atomic E-state index is 0.0141. The number of rotatable bonds is 7. The lowest BCUT2D eigenvalue weighted by Crippen LogP contribution is -2.19. The molecule has 0 spiro atoms. The first kappa shape index (κ1) is 22.2. The summed E-state index contributed by atoms with van der Waals surface area (Å²) in [6.45, 7) is 6.63. The molecule has 3 aromatic carbocycles. The van der Waals surface area contributed by atoms with Gasteiger partial charge in [-0.1, -0.05) is 87.5 Å². The SMILES string of the molecule is CC(C)(C)c1ccc(C(Cc2ccc([N+](=O)[O-])cc2)C(=O)OCc2ccccc2)cc1. The van der Waals surface area contributed by atoms with Gasteiger partial charge in [0.15, 0.2) is 0 Å². The number of carbonyl (C=O) groups excluding carboxylic acids is 1. The number of benzene rings is 3. The van der Waals surface area contributed by atoms with E-state index < -0.39 is 10.8 Å². The molecule has 0 bridgehead atoms. The van der Waals surface area contributed by atoms with Gasteiger partial charge in [0.2, 0.25) is 0 Å². The zero-order chi connectivity index (χ0) is 22.4. The highest BCUT2D eigenvalue weighted by Crippen LogP contribution is 2.28. The summed E-state index contributed by atoms with van der Waals surface area (Å²) >= 11 is 0. The number of non-ortho nitro benzene ring substituents is 1. The van der Waals surface area contributed by atoms with Crippen molar-refractivity contribution in [2.24, 2.45) is 0 Å². The van der Waals surface area contributed by atoms with E-state index >= 15 is 0 Å². The van der Waals surface area contributed by atoms with Crippen molar-refractivity contribution >= 4 is 11.7 Å². The van der Waals surface area contributed by atoms with Gasteiger partial charge in [-0.25, -0.2) is 0 Å². The first-order valence-electron chi connectivity index (χ1n) is 10.3. The summed E-state index contributed by atoms with van der Waals surface area (Å²) in [6.07, 6.45) is 0.403. The molecule has 0 fully saturated rings. The number of hydrogen-bond donors (Lipinski definition) is 0. The molecule has 0 aromatic heterocycles. The molecule has 1 unspecified atom stereocenters. The second kappa shape index (κ2) is 9.56. The Labute approximate surface area is 182 Å². The topological polar surface area (TPSA) is 69.4 Å². The summed E-state index contributed by atoms with van der Waals surface area (Å²) in [7, 11) is 0. The van der Waals surface area contributed by atoms with Crippen molar-refractivity contribution < 1.29 is 14.5 Å². The lowest BCUT2D eigenvalue weighted by atomic mass is 9.84. The summed E-state index contributed by atoms with van der Waals surface area (Å²) in [5.74, 6) is -0.815. The first-order valence-corrected chi connectivity index (χ1v) is 10.3. The van der Waals surface area contributed by atoms with Crippen LogP contribution in [0.4, 0.5) is 5.69 Å². The molecule has 5 nitrogen and oxygen atoms in total. The Balaban J connectivity index is 1.83. The Morgan fingerprint density at radius 2 is 1.52 bits per heavy atom. The predicted octanol–water partition coefficient (Wildman–Crippen LogP) is 5.96. The average molecular weight is 418 g/mol. The third-order valence-corrected chi connectivity index (χ3v) is 5.27. The van der Waals surface area contributed by atoms with Crippen LogP contribution in [0.1, 0.15) is 48.9 Å². The van der Waals surface area contributed by atoms with Crippen molar-refractivity contribution in [1.82, 2.24) is 0 Å². The summed E-state index contributed by atoms with van der Waals surface area (Å²) in [6, 6.07) is 23.9. The van der Waals surface area contributed by atoms with E-state index in [1.54, 1.807) is 12.1 Å². The third-order valence-electron chi connectivity index (χ3n) is 5.27. The van der Waals surface area contributed by atoms with Gasteiger partial charge in [-0.3, -0.25) is 14.9 Å². The highest BCUT2D eigenvalue weighted by atomic mass is 16.6. The van der Waals surface area contributed by atoms with Gasteiger partial charge in [-0.2, -0.15) is 0 Å². The summed E-state index contributed by atoms with van der Waals surface area (Å²) < 4.78 is 5.63. The van der Waals surface area contributed by atoms with Crippen molar-refractivity contribution in [3.05, 3.63) is 111 Å². The number of nitro groups is 1. The Morgan fingerprint density at radius 1 is 0.903 bits per heavy atom. The maximum atomic E-state index is 13.0. The van der Waals surface area contributed by atoms with Crippen LogP contribution in [0, 0.1) is 10.1 Å². The molecule has 160 valence electrons. The molecule has 1 atom stereocenters. The highest BCUT2D eigenvalue weighted by Gasteiger charge is 2.24. The molecule has 3 rings (SSSR count). The molecule has 0 aliphatic carbocycles. The molecule has 0 saturated heterocycles. The molecule has 0 N–H and O–H groups in total. The van der Waals surface area contributed by atoms with Crippen LogP contribution in [0.2, 0.25) is 0 Å². The van der Waals surface area contributed by atoms with E-state index in [9.17, 15) is 14.9 Å². The Hall–Kier alpha value is -3.47. The number of carbonyl (C=O) groups is 1. The van der Waals surface area contributed by atoms with E-state index in [0.717, 1.165) is 16.7 Å². The highest BCUT2D eigenvalue weighted by molar-refractivity contribution is 5.78. The van der Waals surface area contributed by atoms with E-state index in [1.807, 2.05) is 54.6 Å². The van der Waals surface area contributed by atoms with Crippen LogP contribution in [-0.4, -0.2) is 10.9 Å². The number of hydrogen-bond acceptors (Lipinski definition) is 4. The van der Waals surface area contributed by atoms with E-state index in [2.05, 4.69) is 20.8 Å². The molecule has 0 aliphatic heterocycles. The number of esters is 1. The van der Waals surface area contributed by atoms with Gasteiger partial charge in [-0.15, -0.1) is 0 Å². The van der Waals surface area contributed by atoms with Gasteiger partial charge in [-0.05, 0) is 34.1 Å². The van der Waals surface area contributed by atoms with Crippen LogP contribution in [-0.2, 0) is 28.0 Å². The van der Waals surface area contributed by atoms with Crippen LogP contribution in [0.25, 0.3) is 0 Å². The van der Waals surface area contributed by atoms with Crippen LogP contribution in [0.15, 0.2) is 78.9 Å². The van der Waals surface area contributed by atoms with Crippen LogP contribution in [0.5, 0.6) is 0 Å². The van der Waals surface area contributed by atoms with Gasteiger partial charge in [0.25, 0.3) is 5.69 Å². The number of ether oxygens (including phenoxy) is 1. The molecule has 0 radical (unpaired) electrons. The van der Waals surface area contributed by atoms with Crippen molar-refractivity contribution in [3.63, 3.8) is 0 Å². The van der Waals surface area contributed by atoms with Gasteiger partial charge < -0.3 is 4.74 Å². The van der Waals surface area contributed by atoms with Crippen molar-refractivity contribution in [2.45, 2.75) is 45.1 Å². The second-order valence-electron chi connectivity index (χ2n) is 8.65. The molecule has 0 saturated carbocycles. The summed E-state index contributed by atoms with van der Waals surface area (Å²) in [5.41, 5.74) is 3.86. The van der Waals surface area contributed by atoms with Crippen LogP contribution in [0.3, 0.4) is 0 Å². The van der Waals surface area contributed by atoms with E-state index in [4.69, 9.17) is 4.74 Å². The van der Waals surface area contributed by atoms with E-state index in [0.29, 0.717) is 6.42 Å². The first-order chi connectivity index (χ1) is 14.7. The van der Waals surface area contributed by atoms with Crippen LogP contribution >= 0.6 is 0 Å². The summed E-state index contributed by atoms with van der Waals surface area (Å²) in [5, 5.41) is 10.9. The minimum Gasteiger partial charge on any atom is -0.460 e. The molecule has 0 aliphatic rings. The van der Waals surface area contributed by atoms with Gasteiger partial charge >= 0.3 is 5.97 Å². The zero-order valence-electron chi connectivity index (χ0n) is 18.1. The largest absolute Gasteiger partial charge is 0.460 e. The quantitative estimate of drug-likeness (QED) is 0.270. The smallest absolute Gasteiger partial charge is 0.314 e. The second-order valence-corrected chi connectivity index (χ2v) is 8.65. The lowest BCUT2D eigenvalue weighted by molar-refractivity contribution is -0.384. The van der Waals surface area contributed by atoms with Gasteiger partial charge in [0.1, 0.15) is 6.61 Å². The maximum Gasteiger partial charge on any atom is 0.314 e. The Bertz CT molecular complexity index is 1020. The fourth-order valence-corrected chi connectivity index (χ4v) is 3.37. The van der Waals surface area contributed by atoms with E-state index in [1.165, 1.54) is 17.7 Å². The third kappa shape index (κ3) is 6.01. The zero-order valence-corrected chi connectivity index (χ0v) is 18.1. The molecule has 3 aromatic rings. The molecular formula is C26H27NO4. The Morgan fingerprint density at radius 3 is 2.06 bits per heavy atom. The minimum atomic E-state index is -0.501. The molecular weight excluding hydrogens is 390 g/mol. The normalized spacial score (nSPS) is 12.2. The number of nitro benzene ring substituents is 1.